The molecule has 4 aliphatic heterocycles. The number of nitrogens with two attached hydrogens (primary N) is 1. The van der Waals surface area contributed by atoms with E-state index in [-0.39, 0.29) is 63.4 Å². The van der Waals surface area contributed by atoms with Gasteiger partial charge >= 0.3 is 6.03 Å². The molecule has 5 amide bonds. The van der Waals surface area contributed by atoms with Crippen LogP contribution in [0.4, 0.5) is 25.1 Å². The number of aromatic nitrogens is 2. The van der Waals surface area contributed by atoms with Crippen molar-refractivity contribution in [3.63, 3.8) is 0 Å². The number of halogens is 3. The van der Waals surface area contributed by atoms with Crippen molar-refractivity contribution in [3.05, 3.63) is 100 Å². The molecule has 2 atom stereocenters. The molecule has 1 saturated carbocycles. The van der Waals surface area contributed by atoms with E-state index in [2.05, 4.69) is 31.4 Å². The highest BCUT2D eigenvalue weighted by Crippen LogP contribution is 2.56. The molecule has 0 spiro atoms. The molecule has 10 rings (SSSR count). The van der Waals surface area contributed by atoms with Crippen LogP contribution >= 0.6 is 11.6 Å². The van der Waals surface area contributed by atoms with Gasteiger partial charge in [0.25, 0.3) is 0 Å². The summed E-state index contributed by atoms with van der Waals surface area (Å²) in [4.78, 5) is 59.7. The molecule has 18 heteroatoms. The number of urea groups is 1. The van der Waals surface area contributed by atoms with E-state index in [0.29, 0.717) is 30.4 Å². The molecule has 1 aromatic heterocycles. The van der Waals surface area contributed by atoms with Crippen LogP contribution in [0.1, 0.15) is 79.3 Å². The van der Waals surface area contributed by atoms with E-state index in [1.165, 1.54) is 25.3 Å². The first-order valence-corrected chi connectivity index (χ1v) is 25.1. The number of hydrogen-bond donors (Lipinski definition) is 3. The molecule has 1 aliphatic carbocycles. The van der Waals surface area contributed by atoms with Gasteiger partial charge in [0.15, 0.2) is 23.0 Å². The maximum absolute atomic E-state index is 16.2. The van der Waals surface area contributed by atoms with Crippen LogP contribution in [0.15, 0.2) is 66.7 Å². The van der Waals surface area contributed by atoms with Crippen molar-refractivity contribution in [2.45, 2.75) is 69.4 Å². The second kappa shape index (κ2) is 19.7. The monoisotopic (exact) mass is 991 g/mol. The number of ether oxygens (including phenoxy) is 2. The van der Waals surface area contributed by atoms with Crippen LogP contribution in [0, 0.1) is 23.5 Å². The van der Waals surface area contributed by atoms with E-state index >= 15 is 8.78 Å². The minimum atomic E-state index is -1.07. The van der Waals surface area contributed by atoms with Gasteiger partial charge in [-0.1, -0.05) is 54.9 Å². The zero-order valence-electron chi connectivity index (χ0n) is 40.3. The molecule has 71 heavy (non-hydrogen) atoms. The van der Waals surface area contributed by atoms with Crippen LogP contribution in [-0.2, 0) is 22.2 Å². The molecule has 2 unspecified atom stereocenters. The van der Waals surface area contributed by atoms with Crippen molar-refractivity contribution in [1.29, 1.82) is 0 Å². The Kier molecular flexibility index (Phi) is 13.4. The summed E-state index contributed by atoms with van der Waals surface area (Å²) in [5.74, 6) is -2.08. The third kappa shape index (κ3) is 8.94. The summed E-state index contributed by atoms with van der Waals surface area (Å²) in [6.07, 6.45) is 5.29. The largest absolute Gasteiger partial charge is 0.494 e. The number of fused-ring (bicyclic) bond motifs is 2. The number of aryl methyl sites for hydroxylation is 1. The fraction of sp³-hybridized carbons (Fsp3) is 0.453. The van der Waals surface area contributed by atoms with Crippen molar-refractivity contribution in [2.24, 2.45) is 24.6 Å². The first-order chi connectivity index (χ1) is 34.3. The standard InChI is InChI=1S/C53H60ClF2N9O6/c1-31-43-41(28-38(55)46(54)45(43)44-36(49(57)67)16-17-40(70-3)47(44)56)71-53(31,34-8-5-4-6-9-34)30-58-35-14-12-33(13-15-35)51(68)64-21-18-32(19-22-64)29-62-24-26-63(27-25-62)39-11-7-10-37-48(39)61(2)60-50(37)65-23-20-42(66)59-52(65)69/h4-11,16-17,28,31-33,35,58H,12-15,18-27,29-30H2,1-3H3,(H2,57,67)(H,59,66,69). The molecule has 0 radical (unpaired) electrons. The number of benzene rings is 4. The number of amides is 5. The maximum atomic E-state index is 16.2. The number of carbonyl (C=O) groups excluding carboxylic acids is 4. The smallest absolute Gasteiger partial charge is 0.329 e. The Morgan fingerprint density at radius 3 is 2.35 bits per heavy atom. The zero-order chi connectivity index (χ0) is 49.7. The SMILES string of the molecule is COc1ccc(C(N)=O)c(-c2c(Cl)c(F)cc3c2C(C)C(CNC2CCC(C(=O)N4CCC(CN5CCN(c6cccc7c(N8CCC(=O)NC8=O)nn(C)c67)CC5)CC4)CC2)(c2ccccc2)O3)c1F. The van der Waals surface area contributed by atoms with E-state index in [0.717, 1.165) is 106 Å². The van der Waals surface area contributed by atoms with Crippen molar-refractivity contribution in [2.75, 3.05) is 75.8 Å². The molecule has 374 valence electrons. The number of nitrogens with zero attached hydrogens (tertiary/aromatic N) is 6. The number of anilines is 2. The van der Waals surface area contributed by atoms with Gasteiger partial charge in [0.05, 0.1) is 28.9 Å². The van der Waals surface area contributed by atoms with Crippen LogP contribution in [0.3, 0.4) is 0 Å². The fourth-order valence-electron chi connectivity index (χ4n) is 11.9. The first kappa shape index (κ1) is 48.3. The highest BCUT2D eigenvalue weighted by atomic mass is 35.5. The molecule has 0 bridgehead atoms. The average molecular weight is 993 g/mol. The van der Waals surface area contributed by atoms with Gasteiger partial charge in [-0.3, -0.25) is 34.2 Å². The van der Waals surface area contributed by atoms with Gasteiger partial charge in [0.2, 0.25) is 17.7 Å². The molecule has 15 nitrogen and oxygen atoms in total. The third-order valence-electron chi connectivity index (χ3n) is 15.8. The van der Waals surface area contributed by atoms with Crippen LogP contribution < -0.4 is 35.6 Å². The predicted molar refractivity (Wildman–Crippen MR) is 267 cm³/mol. The number of imide groups is 1. The fourth-order valence-corrected chi connectivity index (χ4v) is 12.1. The van der Waals surface area contributed by atoms with Crippen molar-refractivity contribution < 1.29 is 37.4 Å². The van der Waals surface area contributed by atoms with Crippen molar-refractivity contribution >= 4 is 57.8 Å². The lowest BCUT2D eigenvalue weighted by Gasteiger charge is -2.41. The summed E-state index contributed by atoms with van der Waals surface area (Å²) in [6.45, 7) is 8.66. The summed E-state index contributed by atoms with van der Waals surface area (Å²) < 4.78 is 45.9. The number of hydrogen-bond acceptors (Lipinski definition) is 10. The van der Waals surface area contributed by atoms with E-state index in [9.17, 15) is 19.2 Å². The highest BCUT2D eigenvalue weighted by Gasteiger charge is 2.50. The molecule has 3 saturated heterocycles. The van der Waals surface area contributed by atoms with Crippen molar-refractivity contribution in [3.8, 4) is 22.6 Å². The van der Waals surface area contributed by atoms with Crippen LogP contribution in [0.25, 0.3) is 22.0 Å². The van der Waals surface area contributed by atoms with E-state index in [1.807, 2.05) is 61.1 Å². The quantitative estimate of drug-likeness (QED) is 0.115. The van der Waals surface area contributed by atoms with Gasteiger partial charge < -0.3 is 30.3 Å². The molecule has 4 N–H and O–H groups in total. The van der Waals surface area contributed by atoms with Crippen LogP contribution in [0.2, 0.25) is 5.02 Å². The molecule has 4 aromatic carbocycles. The summed E-state index contributed by atoms with van der Waals surface area (Å²) >= 11 is 6.71. The highest BCUT2D eigenvalue weighted by molar-refractivity contribution is 6.34. The number of piperazine rings is 1. The normalized spacial score (nSPS) is 23.2. The summed E-state index contributed by atoms with van der Waals surface area (Å²) in [5.41, 5.74) is 7.60. The Morgan fingerprint density at radius 1 is 0.930 bits per heavy atom. The minimum Gasteiger partial charge on any atom is -0.494 e. The molecule has 5 aliphatic rings. The van der Waals surface area contributed by atoms with Gasteiger partial charge in [-0.15, -0.1) is 0 Å². The Morgan fingerprint density at radius 2 is 1.66 bits per heavy atom. The second-order valence-corrected chi connectivity index (χ2v) is 20.1. The number of carbonyl (C=O) groups is 4. The lowest BCUT2D eigenvalue weighted by molar-refractivity contribution is -0.138. The molecular weight excluding hydrogens is 932 g/mol. The third-order valence-corrected chi connectivity index (χ3v) is 16.1. The Hall–Kier alpha value is -6.30. The van der Waals surface area contributed by atoms with Gasteiger partial charge in [-0.25, -0.2) is 13.6 Å². The van der Waals surface area contributed by atoms with Crippen LogP contribution in [0.5, 0.6) is 11.5 Å². The Balaban J connectivity index is 0.736. The Labute approximate surface area is 416 Å². The number of piperidine rings is 1. The number of para-hydroxylation sites is 1. The van der Waals surface area contributed by atoms with E-state index < -0.39 is 35.1 Å². The maximum Gasteiger partial charge on any atom is 0.329 e. The number of primary amides is 1. The first-order valence-electron chi connectivity index (χ1n) is 24.8. The number of likely N-dealkylation sites (tertiary alicyclic amines) is 1. The lowest BCUT2D eigenvalue weighted by atomic mass is 9.77. The number of rotatable bonds is 12. The average Bonchev–Trinajstić information content (AvgIpc) is 3.86. The molecule has 5 aromatic rings. The van der Waals surface area contributed by atoms with E-state index in [4.69, 9.17) is 31.9 Å². The van der Waals surface area contributed by atoms with E-state index in [1.54, 1.807) is 4.90 Å². The molecular formula is C53H60ClF2N9O6. The van der Waals surface area contributed by atoms with Crippen molar-refractivity contribution in [1.82, 2.24) is 30.2 Å². The number of nitrogens with one attached hydrogen (secondary N) is 2. The van der Waals surface area contributed by atoms with Crippen LogP contribution in [-0.4, -0.2) is 115 Å². The van der Waals surface area contributed by atoms with Gasteiger partial charge in [0.1, 0.15) is 11.6 Å². The number of methoxy groups -OCH3 is 1. The zero-order valence-corrected chi connectivity index (χ0v) is 41.1. The second-order valence-electron chi connectivity index (χ2n) is 19.8. The van der Waals surface area contributed by atoms with Gasteiger partial charge in [-0.05, 0) is 74.3 Å². The summed E-state index contributed by atoms with van der Waals surface area (Å²) in [6, 6.07) is 19.3. The predicted octanol–water partition coefficient (Wildman–Crippen LogP) is 7.33. The summed E-state index contributed by atoms with van der Waals surface area (Å²) in [5, 5.41) is 11.4. The lowest BCUT2D eigenvalue weighted by Crippen LogP contribution is -2.50. The summed E-state index contributed by atoms with van der Waals surface area (Å²) in [7, 11) is 3.20. The van der Waals surface area contributed by atoms with Gasteiger partial charge in [-0.2, -0.15) is 5.10 Å². The molecule has 4 fully saturated rings. The topological polar surface area (TPSA) is 168 Å². The minimum absolute atomic E-state index is 0.00142. The molecule has 5 heterocycles. The Bertz CT molecular complexity index is 2880. The van der Waals surface area contributed by atoms with Gasteiger partial charge in [0, 0.05) is 118 Å².